The van der Waals surface area contributed by atoms with E-state index in [9.17, 15) is 9.59 Å². The lowest BCUT2D eigenvalue weighted by Crippen LogP contribution is -2.44. The summed E-state index contributed by atoms with van der Waals surface area (Å²) >= 11 is 0. The van der Waals surface area contributed by atoms with Gasteiger partial charge in [-0.15, -0.1) is 0 Å². The normalized spacial score (nSPS) is 23.6. The highest BCUT2D eigenvalue weighted by molar-refractivity contribution is 5.79. The molecule has 0 aromatic carbocycles. The van der Waals surface area contributed by atoms with E-state index in [1.165, 1.54) is 23.9 Å². The summed E-state index contributed by atoms with van der Waals surface area (Å²) in [5.41, 5.74) is 0.00829. The van der Waals surface area contributed by atoms with Crippen molar-refractivity contribution in [3.63, 3.8) is 0 Å². The maximum Gasteiger partial charge on any atom is 0.345 e. The van der Waals surface area contributed by atoms with Gasteiger partial charge in [-0.05, 0) is 38.5 Å². The summed E-state index contributed by atoms with van der Waals surface area (Å²) < 4.78 is 3.41. The first-order valence-electron chi connectivity index (χ1n) is 9.59. The average Bonchev–Trinajstić information content (AvgIpc) is 3.42. The number of likely N-dealkylation sites (tertiary alicyclic amines) is 1. The van der Waals surface area contributed by atoms with E-state index in [1.807, 2.05) is 9.47 Å². The third-order valence-electron chi connectivity index (χ3n) is 6.02. The summed E-state index contributed by atoms with van der Waals surface area (Å²) in [7, 11) is 1.74. The van der Waals surface area contributed by atoms with E-state index in [2.05, 4.69) is 5.10 Å². The number of amides is 1. The van der Waals surface area contributed by atoms with Crippen LogP contribution in [0.3, 0.4) is 0 Å². The predicted octanol–water partition coefficient (Wildman–Crippen LogP) is 2.20. The lowest BCUT2D eigenvalue weighted by atomic mass is 9.87. The van der Waals surface area contributed by atoms with Crippen LogP contribution in [0, 0.1) is 5.92 Å². The van der Waals surface area contributed by atoms with Gasteiger partial charge in [-0.3, -0.25) is 9.36 Å². The highest BCUT2D eigenvalue weighted by Crippen LogP contribution is 2.40. The van der Waals surface area contributed by atoms with Gasteiger partial charge in [0.15, 0.2) is 0 Å². The minimum Gasteiger partial charge on any atom is -0.342 e. The van der Waals surface area contributed by atoms with E-state index < -0.39 is 0 Å². The molecule has 2 aliphatic carbocycles. The van der Waals surface area contributed by atoms with Gasteiger partial charge < -0.3 is 4.90 Å². The molecule has 3 aliphatic rings. The first-order chi connectivity index (χ1) is 11.6. The molecular formula is C18H28N4O2. The summed E-state index contributed by atoms with van der Waals surface area (Å²) in [6, 6.07) is 0.206. The Hall–Kier alpha value is -1.59. The molecule has 0 N–H and O–H groups in total. The third kappa shape index (κ3) is 2.91. The lowest BCUT2D eigenvalue weighted by Gasteiger charge is -2.35. The number of carbonyl (C=O) groups is 1. The summed E-state index contributed by atoms with van der Waals surface area (Å²) in [4.78, 5) is 27.2. The van der Waals surface area contributed by atoms with E-state index in [1.54, 1.807) is 7.05 Å². The van der Waals surface area contributed by atoms with Crippen LogP contribution in [0.1, 0.15) is 75.6 Å². The molecule has 1 aliphatic heterocycles. The molecule has 0 bridgehead atoms. The van der Waals surface area contributed by atoms with E-state index in [4.69, 9.17) is 0 Å². The standard InChI is InChI=1S/C18H28N4O2/c1-20-18(24)22(16(19-20)13-7-8-13)15-9-11-21(12-10-15)17(23)14-5-3-2-4-6-14/h13-15H,2-12H2,1H3. The van der Waals surface area contributed by atoms with Gasteiger partial charge in [-0.2, -0.15) is 5.10 Å². The molecule has 0 radical (unpaired) electrons. The predicted molar refractivity (Wildman–Crippen MR) is 90.9 cm³/mol. The molecule has 0 unspecified atom stereocenters. The number of carbonyl (C=O) groups excluding carboxylic acids is 1. The van der Waals surface area contributed by atoms with E-state index >= 15 is 0 Å². The van der Waals surface area contributed by atoms with Crippen LogP contribution in [-0.4, -0.2) is 38.2 Å². The van der Waals surface area contributed by atoms with Gasteiger partial charge in [0.2, 0.25) is 5.91 Å². The van der Waals surface area contributed by atoms with E-state index in [0.29, 0.717) is 11.8 Å². The minimum absolute atomic E-state index is 0.00829. The van der Waals surface area contributed by atoms with Gasteiger partial charge in [0.25, 0.3) is 0 Å². The van der Waals surface area contributed by atoms with Crippen LogP contribution in [-0.2, 0) is 11.8 Å². The number of hydrogen-bond acceptors (Lipinski definition) is 3. The molecule has 132 valence electrons. The first-order valence-corrected chi connectivity index (χ1v) is 9.59. The van der Waals surface area contributed by atoms with Crippen molar-refractivity contribution in [3.05, 3.63) is 16.3 Å². The highest BCUT2D eigenvalue weighted by atomic mass is 16.2. The van der Waals surface area contributed by atoms with Crippen LogP contribution in [0.15, 0.2) is 4.79 Å². The number of aryl methyl sites for hydroxylation is 1. The van der Waals surface area contributed by atoms with Crippen molar-refractivity contribution in [2.24, 2.45) is 13.0 Å². The number of aromatic nitrogens is 3. The SMILES string of the molecule is Cn1nc(C2CC2)n(C2CCN(C(=O)C3CCCCC3)CC2)c1=O. The Bertz CT molecular complexity index is 659. The monoisotopic (exact) mass is 332 g/mol. The van der Waals surface area contributed by atoms with Crippen LogP contribution in [0.4, 0.5) is 0 Å². The van der Waals surface area contributed by atoms with Crippen molar-refractivity contribution in [1.82, 2.24) is 19.2 Å². The zero-order valence-corrected chi connectivity index (χ0v) is 14.6. The molecule has 1 aromatic heterocycles. The van der Waals surface area contributed by atoms with Crippen molar-refractivity contribution < 1.29 is 4.79 Å². The van der Waals surface area contributed by atoms with E-state index in [0.717, 1.165) is 57.4 Å². The van der Waals surface area contributed by atoms with Gasteiger partial charge >= 0.3 is 5.69 Å². The molecule has 24 heavy (non-hydrogen) atoms. The maximum atomic E-state index is 12.7. The van der Waals surface area contributed by atoms with Gasteiger partial charge in [0, 0.05) is 38.0 Å². The van der Waals surface area contributed by atoms with Crippen LogP contribution >= 0.6 is 0 Å². The summed E-state index contributed by atoms with van der Waals surface area (Å²) in [5.74, 6) is 2.05. The Morgan fingerprint density at radius 2 is 1.67 bits per heavy atom. The molecule has 1 saturated heterocycles. The Labute approximate surface area is 142 Å². The fraction of sp³-hybridized carbons (Fsp3) is 0.833. The Morgan fingerprint density at radius 3 is 2.29 bits per heavy atom. The Kier molecular flexibility index (Phi) is 4.22. The Morgan fingerprint density at radius 1 is 1.00 bits per heavy atom. The second-order valence-corrected chi connectivity index (χ2v) is 7.80. The highest BCUT2D eigenvalue weighted by Gasteiger charge is 2.35. The number of nitrogens with zero attached hydrogens (tertiary/aromatic N) is 4. The Balaban J connectivity index is 1.43. The maximum absolute atomic E-state index is 12.7. The van der Waals surface area contributed by atoms with Crippen molar-refractivity contribution in [2.45, 2.75) is 69.7 Å². The zero-order chi connectivity index (χ0) is 16.7. The molecule has 0 spiro atoms. The fourth-order valence-corrected chi connectivity index (χ4v) is 4.41. The number of piperidine rings is 1. The molecule has 6 heteroatoms. The van der Waals surface area contributed by atoms with Gasteiger partial charge in [-0.25, -0.2) is 9.48 Å². The number of hydrogen-bond donors (Lipinski definition) is 0. The molecule has 2 heterocycles. The molecule has 1 aromatic rings. The van der Waals surface area contributed by atoms with Crippen LogP contribution in [0.5, 0.6) is 0 Å². The zero-order valence-electron chi connectivity index (χ0n) is 14.6. The van der Waals surface area contributed by atoms with Gasteiger partial charge in [0.1, 0.15) is 5.82 Å². The third-order valence-corrected chi connectivity index (χ3v) is 6.02. The smallest absolute Gasteiger partial charge is 0.342 e. The van der Waals surface area contributed by atoms with Crippen molar-refractivity contribution in [1.29, 1.82) is 0 Å². The largest absolute Gasteiger partial charge is 0.345 e. The first kappa shape index (κ1) is 15.9. The topological polar surface area (TPSA) is 60.1 Å². The lowest BCUT2D eigenvalue weighted by molar-refractivity contribution is -0.137. The molecule has 3 fully saturated rings. The molecule has 6 nitrogen and oxygen atoms in total. The van der Waals surface area contributed by atoms with Crippen molar-refractivity contribution in [2.75, 3.05) is 13.1 Å². The van der Waals surface area contributed by atoms with Gasteiger partial charge in [0.05, 0.1) is 0 Å². The molecular weight excluding hydrogens is 304 g/mol. The summed E-state index contributed by atoms with van der Waals surface area (Å²) in [6.45, 7) is 1.57. The second kappa shape index (κ2) is 6.37. The van der Waals surface area contributed by atoms with Crippen LogP contribution < -0.4 is 5.69 Å². The van der Waals surface area contributed by atoms with E-state index in [-0.39, 0.29) is 17.6 Å². The average molecular weight is 332 g/mol. The minimum atomic E-state index is 0.00829. The summed E-state index contributed by atoms with van der Waals surface area (Å²) in [5, 5.41) is 4.46. The quantitative estimate of drug-likeness (QED) is 0.852. The summed E-state index contributed by atoms with van der Waals surface area (Å²) in [6.07, 6.45) is 9.85. The number of rotatable bonds is 3. The molecule has 4 rings (SSSR count). The van der Waals surface area contributed by atoms with Crippen LogP contribution in [0.25, 0.3) is 0 Å². The molecule has 1 amide bonds. The van der Waals surface area contributed by atoms with Crippen LogP contribution in [0.2, 0.25) is 0 Å². The fourth-order valence-electron chi connectivity index (χ4n) is 4.41. The molecule has 0 atom stereocenters. The van der Waals surface area contributed by atoms with Crippen molar-refractivity contribution >= 4 is 5.91 Å². The van der Waals surface area contributed by atoms with Crippen molar-refractivity contribution in [3.8, 4) is 0 Å². The van der Waals surface area contributed by atoms with Gasteiger partial charge in [-0.1, -0.05) is 19.3 Å². The molecule has 2 saturated carbocycles. The second-order valence-electron chi connectivity index (χ2n) is 7.80.